The zero-order chi connectivity index (χ0) is 18.8. The van der Waals surface area contributed by atoms with Gasteiger partial charge in [-0.05, 0) is 49.8 Å². The zero-order valence-corrected chi connectivity index (χ0v) is 16.5. The number of nitrogens with two attached hydrogens (primary N) is 1. The minimum atomic E-state index is -3.72. The molecule has 0 aliphatic rings. The smallest absolute Gasteiger partial charge is 0.252 e. The SMILES string of the molecule is Cc1ccc(S(=O)(=O)n2cc([C@@H](CC(C)S(N)=O)C(C)C)cn2)cc1. The van der Waals surface area contributed by atoms with Crippen LogP contribution in [-0.4, -0.2) is 27.1 Å². The minimum Gasteiger partial charge on any atom is -0.252 e. The molecule has 2 rings (SSSR count). The van der Waals surface area contributed by atoms with Gasteiger partial charge in [0.05, 0.1) is 22.1 Å². The predicted molar refractivity (Wildman–Crippen MR) is 100.0 cm³/mol. The summed E-state index contributed by atoms with van der Waals surface area (Å²) in [5.74, 6) is 0.273. The Labute approximate surface area is 152 Å². The van der Waals surface area contributed by atoms with Crippen molar-refractivity contribution in [2.24, 2.45) is 11.1 Å². The fourth-order valence-electron chi connectivity index (χ4n) is 2.70. The van der Waals surface area contributed by atoms with E-state index >= 15 is 0 Å². The second-order valence-electron chi connectivity index (χ2n) is 6.69. The number of aryl methyl sites for hydroxylation is 1. The minimum absolute atomic E-state index is 0.0319. The van der Waals surface area contributed by atoms with Crippen LogP contribution < -0.4 is 5.14 Å². The third kappa shape index (κ3) is 4.56. The fourth-order valence-corrected chi connectivity index (χ4v) is 4.23. The van der Waals surface area contributed by atoms with Gasteiger partial charge in [-0.25, -0.2) is 4.21 Å². The molecule has 0 saturated carbocycles. The molecule has 0 bridgehead atoms. The van der Waals surface area contributed by atoms with Crippen LogP contribution in [0.2, 0.25) is 0 Å². The Kier molecular flexibility index (Phi) is 6.18. The first-order chi connectivity index (χ1) is 11.6. The Bertz CT molecular complexity index is 842. The highest BCUT2D eigenvalue weighted by atomic mass is 32.2. The topological polar surface area (TPSA) is 95.0 Å². The second kappa shape index (κ2) is 7.80. The average molecular weight is 384 g/mol. The van der Waals surface area contributed by atoms with Crippen LogP contribution in [0.1, 0.15) is 44.2 Å². The summed E-state index contributed by atoms with van der Waals surface area (Å²) in [6.07, 6.45) is 3.73. The highest BCUT2D eigenvalue weighted by Crippen LogP contribution is 2.30. The average Bonchev–Trinajstić information content (AvgIpc) is 3.02. The molecule has 2 unspecified atom stereocenters. The molecule has 0 aliphatic heterocycles. The van der Waals surface area contributed by atoms with Gasteiger partial charge in [0.1, 0.15) is 0 Å². The van der Waals surface area contributed by atoms with Crippen molar-refractivity contribution in [3.8, 4) is 0 Å². The lowest BCUT2D eigenvalue weighted by molar-refractivity contribution is 0.464. The molecule has 1 heterocycles. The lowest BCUT2D eigenvalue weighted by atomic mass is 9.87. The lowest BCUT2D eigenvalue weighted by Gasteiger charge is -2.22. The van der Waals surface area contributed by atoms with Gasteiger partial charge in [-0.2, -0.15) is 17.6 Å². The summed E-state index contributed by atoms with van der Waals surface area (Å²) >= 11 is 0. The Morgan fingerprint density at radius 3 is 2.32 bits per heavy atom. The van der Waals surface area contributed by atoms with Crippen LogP contribution >= 0.6 is 0 Å². The monoisotopic (exact) mass is 383 g/mol. The summed E-state index contributed by atoms with van der Waals surface area (Å²) in [6.45, 7) is 7.82. The van der Waals surface area contributed by atoms with E-state index in [9.17, 15) is 12.6 Å². The second-order valence-corrected chi connectivity index (χ2v) is 9.95. The summed E-state index contributed by atoms with van der Waals surface area (Å²) in [4.78, 5) is 0.199. The molecule has 0 saturated heterocycles. The number of aromatic nitrogens is 2. The molecule has 25 heavy (non-hydrogen) atoms. The third-order valence-electron chi connectivity index (χ3n) is 4.36. The molecule has 1 aromatic heterocycles. The van der Waals surface area contributed by atoms with Crippen molar-refractivity contribution in [3.05, 3.63) is 47.8 Å². The van der Waals surface area contributed by atoms with Gasteiger partial charge < -0.3 is 0 Å². The first-order valence-corrected chi connectivity index (χ1v) is 10.9. The van der Waals surface area contributed by atoms with E-state index in [0.29, 0.717) is 6.42 Å². The Morgan fingerprint density at radius 2 is 1.80 bits per heavy atom. The van der Waals surface area contributed by atoms with Crippen LogP contribution in [0.3, 0.4) is 0 Å². The maximum absolute atomic E-state index is 12.7. The molecule has 0 spiro atoms. The normalized spacial score (nSPS) is 15.9. The van der Waals surface area contributed by atoms with Gasteiger partial charge in [0.25, 0.3) is 10.0 Å². The van der Waals surface area contributed by atoms with Crippen LogP contribution in [0.4, 0.5) is 0 Å². The third-order valence-corrected chi connectivity index (χ3v) is 6.91. The Hall–Kier alpha value is -1.51. The number of nitrogens with zero attached hydrogens (tertiary/aromatic N) is 2. The molecule has 0 fully saturated rings. The zero-order valence-electron chi connectivity index (χ0n) is 14.9. The van der Waals surface area contributed by atoms with E-state index < -0.39 is 21.0 Å². The van der Waals surface area contributed by atoms with Gasteiger partial charge in [0, 0.05) is 11.4 Å². The summed E-state index contributed by atoms with van der Waals surface area (Å²) in [5.41, 5.74) is 1.80. The maximum Gasteiger partial charge on any atom is 0.282 e. The van der Waals surface area contributed by atoms with E-state index in [0.717, 1.165) is 15.2 Å². The molecule has 0 aliphatic carbocycles. The molecule has 0 amide bonds. The molecule has 0 radical (unpaired) electrons. The Morgan fingerprint density at radius 1 is 1.20 bits per heavy atom. The Balaban J connectivity index is 2.33. The summed E-state index contributed by atoms with van der Waals surface area (Å²) in [6, 6.07) is 6.66. The number of hydrogen-bond acceptors (Lipinski definition) is 4. The number of rotatable bonds is 7. The van der Waals surface area contributed by atoms with Crippen LogP contribution in [0.15, 0.2) is 41.6 Å². The highest BCUT2D eigenvalue weighted by molar-refractivity contribution is 7.89. The van der Waals surface area contributed by atoms with Gasteiger partial charge in [0.15, 0.2) is 0 Å². The van der Waals surface area contributed by atoms with Gasteiger partial charge >= 0.3 is 0 Å². The van der Waals surface area contributed by atoms with E-state index in [1.807, 2.05) is 27.7 Å². The first kappa shape index (κ1) is 19.8. The van der Waals surface area contributed by atoms with Gasteiger partial charge in [-0.1, -0.05) is 31.5 Å². The van der Waals surface area contributed by atoms with E-state index in [1.165, 1.54) is 0 Å². The summed E-state index contributed by atoms with van der Waals surface area (Å²) in [7, 11) is -5.13. The predicted octanol–water partition coefficient (Wildman–Crippen LogP) is 2.57. The van der Waals surface area contributed by atoms with Crippen LogP contribution in [0.5, 0.6) is 0 Å². The van der Waals surface area contributed by atoms with Crippen LogP contribution in [0.25, 0.3) is 0 Å². The van der Waals surface area contributed by atoms with Gasteiger partial charge in [0.2, 0.25) is 0 Å². The quantitative estimate of drug-likeness (QED) is 0.795. The fraction of sp³-hybridized carbons (Fsp3) is 0.471. The molecule has 2 aromatic rings. The van der Waals surface area contributed by atoms with Crippen molar-refractivity contribution in [1.29, 1.82) is 0 Å². The van der Waals surface area contributed by atoms with Crippen molar-refractivity contribution in [3.63, 3.8) is 0 Å². The van der Waals surface area contributed by atoms with Crippen molar-refractivity contribution < 1.29 is 12.6 Å². The molecule has 1 aromatic carbocycles. The molecule has 138 valence electrons. The molecule has 2 N–H and O–H groups in total. The number of benzene rings is 1. The van der Waals surface area contributed by atoms with Crippen molar-refractivity contribution in [2.75, 3.05) is 0 Å². The van der Waals surface area contributed by atoms with Crippen molar-refractivity contribution in [1.82, 2.24) is 9.19 Å². The van der Waals surface area contributed by atoms with E-state index in [-0.39, 0.29) is 22.0 Å². The van der Waals surface area contributed by atoms with E-state index in [4.69, 9.17) is 5.14 Å². The maximum atomic E-state index is 12.7. The van der Waals surface area contributed by atoms with Crippen molar-refractivity contribution >= 4 is 21.0 Å². The standard InChI is InChI=1S/C17H25N3O3S2/c1-12(2)17(9-14(4)24(18)21)15-10-19-20(11-15)25(22,23)16-7-5-13(3)6-8-16/h5-8,10-12,14,17H,9,18H2,1-4H3/t14?,17-,24?/m0/s1. The van der Waals surface area contributed by atoms with E-state index in [2.05, 4.69) is 5.10 Å². The van der Waals surface area contributed by atoms with Crippen LogP contribution in [0, 0.1) is 12.8 Å². The van der Waals surface area contributed by atoms with Gasteiger partial charge in [-0.15, -0.1) is 0 Å². The molecular formula is C17H25N3O3S2. The number of hydrogen-bond donors (Lipinski definition) is 1. The molecule has 3 atom stereocenters. The lowest BCUT2D eigenvalue weighted by Crippen LogP contribution is -2.22. The van der Waals surface area contributed by atoms with Gasteiger partial charge in [-0.3, -0.25) is 5.14 Å². The molecular weight excluding hydrogens is 358 g/mol. The largest absolute Gasteiger partial charge is 0.282 e. The van der Waals surface area contributed by atoms with Crippen LogP contribution in [-0.2, 0) is 21.0 Å². The first-order valence-electron chi connectivity index (χ1n) is 8.14. The van der Waals surface area contributed by atoms with E-state index in [1.54, 1.807) is 36.7 Å². The highest BCUT2D eigenvalue weighted by Gasteiger charge is 2.25. The summed E-state index contributed by atoms with van der Waals surface area (Å²) < 4.78 is 37.9. The summed E-state index contributed by atoms with van der Waals surface area (Å²) in [5, 5.41) is 9.37. The molecule has 6 nitrogen and oxygen atoms in total. The molecule has 8 heteroatoms. The van der Waals surface area contributed by atoms with Crippen molar-refractivity contribution in [2.45, 2.75) is 50.2 Å².